The van der Waals surface area contributed by atoms with E-state index < -0.39 is 0 Å². The predicted molar refractivity (Wildman–Crippen MR) is 92.5 cm³/mol. The Kier molecular flexibility index (Phi) is 4.31. The molecule has 1 aromatic carbocycles. The maximum Gasteiger partial charge on any atom is 0.231 e. The van der Waals surface area contributed by atoms with E-state index in [-0.39, 0.29) is 18.7 Å². The van der Waals surface area contributed by atoms with Crippen LogP contribution in [0, 0.1) is 0 Å². The van der Waals surface area contributed by atoms with E-state index in [0.29, 0.717) is 18.0 Å². The van der Waals surface area contributed by atoms with Gasteiger partial charge in [0.15, 0.2) is 11.5 Å². The Labute approximate surface area is 143 Å². The molecule has 1 fully saturated rings. The average molecular weight is 346 g/mol. The molecule has 0 spiro atoms. The molecule has 7 nitrogen and oxygen atoms in total. The van der Waals surface area contributed by atoms with E-state index >= 15 is 0 Å². The van der Waals surface area contributed by atoms with Crippen molar-refractivity contribution in [3.8, 4) is 22.6 Å². The fourth-order valence-corrected chi connectivity index (χ4v) is 3.78. The van der Waals surface area contributed by atoms with E-state index in [4.69, 9.17) is 9.47 Å². The van der Waals surface area contributed by atoms with Crippen molar-refractivity contribution in [3.05, 3.63) is 24.4 Å². The first-order valence-corrected chi connectivity index (χ1v) is 8.99. The molecule has 8 heteroatoms. The first kappa shape index (κ1) is 15.3. The van der Waals surface area contributed by atoms with Gasteiger partial charge in [0.05, 0.1) is 6.20 Å². The van der Waals surface area contributed by atoms with E-state index in [1.807, 2.05) is 30.0 Å². The number of aromatic amines is 1. The van der Waals surface area contributed by atoms with Crippen molar-refractivity contribution >= 4 is 23.5 Å². The monoisotopic (exact) mass is 346 g/mol. The molecule has 3 heterocycles. The summed E-state index contributed by atoms with van der Waals surface area (Å²) in [6, 6.07) is 5.90. The molecule has 2 aromatic rings. The van der Waals surface area contributed by atoms with Crippen molar-refractivity contribution in [2.45, 2.75) is 12.5 Å². The molecule has 0 radical (unpaired) electrons. The van der Waals surface area contributed by atoms with Gasteiger partial charge in [0.1, 0.15) is 5.82 Å². The number of hydrogen-bond acceptors (Lipinski definition) is 6. The molecule has 1 unspecified atom stereocenters. The van der Waals surface area contributed by atoms with Crippen LogP contribution in [0.3, 0.4) is 0 Å². The SMILES string of the molecule is O=C(CC1CSCCN1)Nc1[nH]ncc1-c1ccc2c(c1)OCO2. The number of carbonyl (C=O) groups excluding carboxylic acids is 1. The number of amides is 1. The zero-order valence-corrected chi connectivity index (χ0v) is 13.8. The highest BCUT2D eigenvalue weighted by molar-refractivity contribution is 7.99. The lowest BCUT2D eigenvalue weighted by molar-refractivity contribution is -0.116. The third-order valence-electron chi connectivity index (χ3n) is 4.02. The minimum Gasteiger partial charge on any atom is -0.454 e. The Morgan fingerprint density at radius 2 is 2.29 bits per heavy atom. The number of ether oxygens (including phenoxy) is 2. The molecular weight excluding hydrogens is 328 g/mol. The summed E-state index contributed by atoms with van der Waals surface area (Å²) in [7, 11) is 0. The second kappa shape index (κ2) is 6.74. The number of H-pyrrole nitrogens is 1. The van der Waals surface area contributed by atoms with Crippen molar-refractivity contribution in [3.63, 3.8) is 0 Å². The first-order chi connectivity index (χ1) is 11.8. The molecule has 3 N–H and O–H groups in total. The van der Waals surface area contributed by atoms with Gasteiger partial charge >= 0.3 is 0 Å². The molecule has 2 aliphatic rings. The zero-order chi connectivity index (χ0) is 16.4. The Morgan fingerprint density at radius 3 is 3.17 bits per heavy atom. The van der Waals surface area contributed by atoms with Crippen LogP contribution < -0.4 is 20.1 Å². The number of hydrogen-bond donors (Lipinski definition) is 3. The van der Waals surface area contributed by atoms with Crippen LogP contribution in [0.25, 0.3) is 11.1 Å². The summed E-state index contributed by atoms with van der Waals surface area (Å²) in [5.41, 5.74) is 1.74. The van der Waals surface area contributed by atoms with Crippen molar-refractivity contribution in [1.82, 2.24) is 15.5 Å². The number of carbonyl (C=O) groups is 1. The fraction of sp³-hybridized carbons (Fsp3) is 0.375. The number of nitrogens with one attached hydrogen (secondary N) is 3. The van der Waals surface area contributed by atoms with Crippen LogP contribution >= 0.6 is 11.8 Å². The summed E-state index contributed by atoms with van der Waals surface area (Å²) in [6.45, 7) is 1.19. The molecule has 4 rings (SSSR count). The van der Waals surface area contributed by atoms with Gasteiger partial charge in [-0.15, -0.1) is 0 Å². The Morgan fingerprint density at radius 1 is 1.38 bits per heavy atom. The van der Waals surface area contributed by atoms with Crippen LogP contribution in [0.4, 0.5) is 5.82 Å². The highest BCUT2D eigenvalue weighted by Gasteiger charge is 2.19. The molecule has 1 aromatic heterocycles. The lowest BCUT2D eigenvalue weighted by Gasteiger charge is -2.22. The summed E-state index contributed by atoms with van der Waals surface area (Å²) < 4.78 is 10.7. The molecule has 24 heavy (non-hydrogen) atoms. The zero-order valence-electron chi connectivity index (χ0n) is 13.0. The second-order valence-corrected chi connectivity index (χ2v) is 6.85. The van der Waals surface area contributed by atoms with Gasteiger partial charge in [0.2, 0.25) is 12.7 Å². The topological polar surface area (TPSA) is 88.3 Å². The van der Waals surface area contributed by atoms with Gasteiger partial charge in [-0.1, -0.05) is 6.07 Å². The molecule has 0 aliphatic carbocycles. The van der Waals surface area contributed by atoms with Gasteiger partial charge in [-0.25, -0.2) is 0 Å². The first-order valence-electron chi connectivity index (χ1n) is 7.84. The Balaban J connectivity index is 1.47. The summed E-state index contributed by atoms with van der Waals surface area (Å²) in [6.07, 6.45) is 2.15. The molecule has 1 saturated heterocycles. The molecule has 1 atom stereocenters. The minimum atomic E-state index is -0.0266. The van der Waals surface area contributed by atoms with Gasteiger partial charge in [-0.2, -0.15) is 16.9 Å². The van der Waals surface area contributed by atoms with Crippen molar-refractivity contribution in [2.75, 3.05) is 30.2 Å². The highest BCUT2D eigenvalue weighted by Crippen LogP contribution is 2.37. The molecule has 1 amide bonds. The Bertz CT molecular complexity index is 743. The molecule has 126 valence electrons. The number of rotatable bonds is 4. The maximum atomic E-state index is 12.3. The van der Waals surface area contributed by atoms with Crippen LogP contribution in [0.15, 0.2) is 24.4 Å². The van der Waals surface area contributed by atoms with Gasteiger partial charge in [0.25, 0.3) is 0 Å². The van der Waals surface area contributed by atoms with Crippen LogP contribution in [-0.4, -0.2) is 47.0 Å². The highest BCUT2D eigenvalue weighted by atomic mass is 32.2. The summed E-state index contributed by atoms with van der Waals surface area (Å²) >= 11 is 1.88. The van der Waals surface area contributed by atoms with Crippen molar-refractivity contribution in [1.29, 1.82) is 0 Å². The van der Waals surface area contributed by atoms with Crippen molar-refractivity contribution in [2.24, 2.45) is 0 Å². The molecular formula is C16H18N4O3S. The Hall–Kier alpha value is -2.19. The van der Waals surface area contributed by atoms with Crippen LogP contribution in [0.1, 0.15) is 6.42 Å². The second-order valence-electron chi connectivity index (χ2n) is 5.70. The quantitative estimate of drug-likeness (QED) is 0.783. The van der Waals surface area contributed by atoms with Gasteiger partial charge < -0.3 is 20.1 Å². The van der Waals surface area contributed by atoms with Crippen LogP contribution in [-0.2, 0) is 4.79 Å². The van der Waals surface area contributed by atoms with Crippen molar-refractivity contribution < 1.29 is 14.3 Å². The van der Waals surface area contributed by atoms with E-state index in [1.54, 1.807) is 6.20 Å². The largest absolute Gasteiger partial charge is 0.454 e. The average Bonchev–Trinajstić information content (AvgIpc) is 3.23. The summed E-state index contributed by atoms with van der Waals surface area (Å²) in [5, 5.41) is 13.2. The fourth-order valence-electron chi connectivity index (χ4n) is 2.83. The minimum absolute atomic E-state index is 0.0266. The van der Waals surface area contributed by atoms with E-state index in [2.05, 4.69) is 20.8 Å². The smallest absolute Gasteiger partial charge is 0.231 e. The summed E-state index contributed by atoms with van der Waals surface area (Å²) in [5.74, 6) is 4.07. The third kappa shape index (κ3) is 3.20. The van der Waals surface area contributed by atoms with Gasteiger partial charge in [-0.3, -0.25) is 9.89 Å². The van der Waals surface area contributed by atoms with Crippen LogP contribution in [0.5, 0.6) is 11.5 Å². The lowest BCUT2D eigenvalue weighted by atomic mass is 10.1. The number of aromatic nitrogens is 2. The van der Waals surface area contributed by atoms with E-state index in [0.717, 1.165) is 34.9 Å². The lowest BCUT2D eigenvalue weighted by Crippen LogP contribution is -2.39. The van der Waals surface area contributed by atoms with Gasteiger partial charge in [-0.05, 0) is 17.7 Å². The third-order valence-corrected chi connectivity index (χ3v) is 5.15. The summed E-state index contributed by atoms with van der Waals surface area (Å²) in [4.78, 5) is 12.3. The number of nitrogens with zero attached hydrogens (tertiary/aromatic N) is 1. The number of thioether (sulfide) groups is 1. The predicted octanol–water partition coefficient (Wildman–Crippen LogP) is 1.84. The van der Waals surface area contributed by atoms with Crippen LogP contribution in [0.2, 0.25) is 0 Å². The van der Waals surface area contributed by atoms with Gasteiger partial charge in [0, 0.05) is 36.1 Å². The molecule has 0 saturated carbocycles. The van der Waals surface area contributed by atoms with E-state index in [9.17, 15) is 4.79 Å². The maximum absolute atomic E-state index is 12.3. The standard InChI is InChI=1S/C16H18N4O3S/c21-15(6-11-8-24-4-3-17-11)19-16-12(7-18-20-16)10-1-2-13-14(5-10)23-9-22-13/h1-2,5,7,11,17H,3-4,6,8-9H2,(H2,18,19,20,21). The number of benzene rings is 1. The normalized spacial score (nSPS) is 19.2. The molecule has 0 bridgehead atoms. The number of fused-ring (bicyclic) bond motifs is 1. The van der Waals surface area contributed by atoms with E-state index in [1.165, 1.54) is 0 Å². The molecule has 2 aliphatic heterocycles. The number of anilines is 1.